The third kappa shape index (κ3) is 4.78. The van der Waals surface area contributed by atoms with Crippen molar-refractivity contribution in [3.63, 3.8) is 0 Å². The second-order valence-electron chi connectivity index (χ2n) is 6.18. The molecule has 0 spiro atoms. The van der Waals surface area contributed by atoms with Gasteiger partial charge in [0.1, 0.15) is 6.04 Å². The molecule has 1 amide bonds. The molecule has 1 aromatic heterocycles. The normalized spacial score (nSPS) is 16.6. The highest BCUT2D eigenvalue weighted by Crippen LogP contribution is 2.21. The van der Waals surface area contributed by atoms with Gasteiger partial charge in [-0.1, -0.05) is 28.9 Å². The Morgan fingerprint density at radius 3 is 2.88 bits per heavy atom. The Morgan fingerprint density at radius 1 is 1.36 bits per heavy atom. The van der Waals surface area contributed by atoms with Gasteiger partial charge in [-0.3, -0.25) is 4.79 Å². The van der Waals surface area contributed by atoms with Crippen LogP contribution in [0.1, 0.15) is 18.7 Å². The summed E-state index contributed by atoms with van der Waals surface area (Å²) in [5.74, 6) is -0.174. The van der Waals surface area contributed by atoms with Crippen LogP contribution in [-0.4, -0.2) is 58.5 Å². The van der Waals surface area contributed by atoms with E-state index in [1.807, 2.05) is 18.3 Å². The zero-order chi connectivity index (χ0) is 17.6. The highest BCUT2D eigenvalue weighted by Gasteiger charge is 2.18. The molecule has 1 fully saturated rings. The van der Waals surface area contributed by atoms with Crippen molar-refractivity contribution < 1.29 is 4.79 Å². The molecule has 25 heavy (non-hydrogen) atoms. The fraction of sp³-hybridized carbons (Fsp3) is 0.471. The van der Waals surface area contributed by atoms with E-state index in [0.29, 0.717) is 10.7 Å². The Balaban J connectivity index is 1.55. The zero-order valence-corrected chi connectivity index (χ0v) is 15.0. The smallest absolute Gasteiger partial charge is 0.249 e. The molecule has 2 N–H and O–H groups in total. The number of aromatic nitrogens is 3. The number of benzene rings is 1. The molecule has 1 unspecified atom stereocenters. The molecular weight excluding hydrogens is 340 g/mol. The SMILES string of the molecule is CC(C(=O)Nc1ccccc1Cl)n1cc(CCN2CCNCC2)nn1. The molecule has 8 heteroatoms. The van der Waals surface area contributed by atoms with Crippen LogP contribution in [0.5, 0.6) is 0 Å². The Labute approximate surface area is 152 Å². The number of carbonyl (C=O) groups excluding carboxylic acids is 1. The van der Waals surface area contributed by atoms with Crippen molar-refractivity contribution in [2.75, 3.05) is 38.0 Å². The fourth-order valence-corrected chi connectivity index (χ4v) is 2.93. The first-order valence-corrected chi connectivity index (χ1v) is 8.90. The first-order valence-electron chi connectivity index (χ1n) is 8.52. The van der Waals surface area contributed by atoms with Crippen LogP contribution in [0.4, 0.5) is 5.69 Å². The van der Waals surface area contributed by atoms with Crippen LogP contribution in [0.25, 0.3) is 0 Å². The maximum atomic E-state index is 12.4. The fourth-order valence-electron chi connectivity index (χ4n) is 2.74. The number of rotatable bonds is 6. The number of nitrogens with one attached hydrogen (secondary N) is 2. The predicted molar refractivity (Wildman–Crippen MR) is 97.8 cm³/mol. The predicted octanol–water partition coefficient (Wildman–Crippen LogP) is 1.58. The molecule has 7 nitrogen and oxygen atoms in total. The number of para-hydroxylation sites is 1. The monoisotopic (exact) mass is 362 g/mol. The lowest BCUT2D eigenvalue weighted by molar-refractivity contribution is -0.119. The van der Waals surface area contributed by atoms with Crippen molar-refractivity contribution in [2.45, 2.75) is 19.4 Å². The van der Waals surface area contributed by atoms with Crippen LogP contribution in [0.15, 0.2) is 30.5 Å². The average Bonchev–Trinajstić information content (AvgIpc) is 3.11. The summed E-state index contributed by atoms with van der Waals surface area (Å²) in [7, 11) is 0. The lowest BCUT2D eigenvalue weighted by Gasteiger charge is -2.26. The Morgan fingerprint density at radius 2 is 2.12 bits per heavy atom. The topological polar surface area (TPSA) is 75.1 Å². The minimum Gasteiger partial charge on any atom is -0.323 e. The van der Waals surface area contributed by atoms with Crippen molar-refractivity contribution in [1.29, 1.82) is 0 Å². The van der Waals surface area contributed by atoms with Gasteiger partial charge in [0.25, 0.3) is 0 Å². The molecule has 0 radical (unpaired) electrons. The number of piperazine rings is 1. The van der Waals surface area contributed by atoms with Gasteiger partial charge < -0.3 is 15.5 Å². The number of nitrogens with zero attached hydrogens (tertiary/aromatic N) is 4. The second-order valence-corrected chi connectivity index (χ2v) is 6.58. The van der Waals surface area contributed by atoms with Crippen LogP contribution in [0.2, 0.25) is 5.02 Å². The summed E-state index contributed by atoms with van der Waals surface area (Å²) in [4.78, 5) is 14.8. The molecular formula is C17H23ClN6O. The van der Waals surface area contributed by atoms with Gasteiger partial charge in [0.05, 0.1) is 16.4 Å². The quantitative estimate of drug-likeness (QED) is 0.816. The molecule has 1 saturated heterocycles. The first-order chi connectivity index (χ1) is 12.1. The molecule has 2 aromatic rings. The number of carbonyl (C=O) groups is 1. The maximum absolute atomic E-state index is 12.4. The van der Waals surface area contributed by atoms with Gasteiger partial charge in [-0.2, -0.15) is 0 Å². The molecule has 0 saturated carbocycles. The molecule has 1 aliphatic rings. The van der Waals surface area contributed by atoms with Crippen LogP contribution in [0, 0.1) is 0 Å². The van der Waals surface area contributed by atoms with E-state index in [0.717, 1.165) is 44.8 Å². The van der Waals surface area contributed by atoms with Crippen LogP contribution < -0.4 is 10.6 Å². The molecule has 1 aromatic carbocycles. The van der Waals surface area contributed by atoms with Gasteiger partial charge in [-0.15, -0.1) is 5.10 Å². The Hall–Kier alpha value is -1.96. The van der Waals surface area contributed by atoms with Crippen molar-refractivity contribution in [3.8, 4) is 0 Å². The Bertz CT molecular complexity index is 713. The summed E-state index contributed by atoms with van der Waals surface area (Å²) in [6.45, 7) is 6.94. The van der Waals surface area contributed by atoms with Crippen LogP contribution >= 0.6 is 11.6 Å². The summed E-state index contributed by atoms with van der Waals surface area (Å²) >= 11 is 6.08. The third-order valence-electron chi connectivity index (χ3n) is 4.36. The molecule has 0 aliphatic carbocycles. The van der Waals surface area contributed by atoms with E-state index in [1.54, 1.807) is 23.7 Å². The molecule has 1 aliphatic heterocycles. The van der Waals surface area contributed by atoms with Crippen LogP contribution in [-0.2, 0) is 11.2 Å². The van der Waals surface area contributed by atoms with Gasteiger partial charge in [0.2, 0.25) is 5.91 Å². The highest BCUT2D eigenvalue weighted by molar-refractivity contribution is 6.33. The largest absolute Gasteiger partial charge is 0.323 e. The van der Waals surface area contributed by atoms with Crippen molar-refractivity contribution in [3.05, 3.63) is 41.2 Å². The van der Waals surface area contributed by atoms with Gasteiger partial charge in [-0.05, 0) is 19.1 Å². The Kier molecular flexibility index (Phi) is 6.01. The van der Waals surface area contributed by atoms with E-state index >= 15 is 0 Å². The highest BCUT2D eigenvalue weighted by atomic mass is 35.5. The number of amides is 1. The van der Waals surface area contributed by atoms with Crippen LogP contribution in [0.3, 0.4) is 0 Å². The van der Waals surface area contributed by atoms with E-state index in [1.165, 1.54) is 0 Å². The van der Waals surface area contributed by atoms with Crippen molar-refractivity contribution >= 4 is 23.2 Å². The van der Waals surface area contributed by atoms with Gasteiger partial charge >= 0.3 is 0 Å². The lowest BCUT2D eigenvalue weighted by Crippen LogP contribution is -2.44. The van der Waals surface area contributed by atoms with E-state index in [4.69, 9.17) is 11.6 Å². The summed E-state index contributed by atoms with van der Waals surface area (Å²) in [6.07, 6.45) is 2.68. The van der Waals surface area contributed by atoms with Gasteiger partial charge in [0, 0.05) is 45.3 Å². The van der Waals surface area contributed by atoms with Gasteiger partial charge in [0.15, 0.2) is 0 Å². The average molecular weight is 363 g/mol. The molecule has 2 heterocycles. The first kappa shape index (κ1) is 17.8. The van der Waals surface area contributed by atoms with Gasteiger partial charge in [-0.25, -0.2) is 4.68 Å². The minimum absolute atomic E-state index is 0.174. The minimum atomic E-state index is -0.461. The van der Waals surface area contributed by atoms with Crippen molar-refractivity contribution in [2.24, 2.45) is 0 Å². The number of halogens is 1. The third-order valence-corrected chi connectivity index (χ3v) is 4.69. The lowest BCUT2D eigenvalue weighted by atomic mass is 10.2. The van der Waals surface area contributed by atoms with E-state index in [9.17, 15) is 4.79 Å². The summed E-state index contributed by atoms with van der Waals surface area (Å²) in [5.41, 5.74) is 1.50. The number of hydrogen-bond acceptors (Lipinski definition) is 5. The summed E-state index contributed by atoms with van der Waals surface area (Å²) in [5, 5.41) is 15.0. The molecule has 1 atom stereocenters. The van der Waals surface area contributed by atoms with E-state index in [-0.39, 0.29) is 5.91 Å². The van der Waals surface area contributed by atoms with Crippen molar-refractivity contribution in [1.82, 2.24) is 25.2 Å². The van der Waals surface area contributed by atoms with E-state index in [2.05, 4.69) is 25.8 Å². The number of anilines is 1. The molecule has 0 bridgehead atoms. The molecule has 3 rings (SSSR count). The summed E-state index contributed by atoms with van der Waals surface area (Å²) in [6, 6.07) is 6.70. The van der Waals surface area contributed by atoms with E-state index < -0.39 is 6.04 Å². The standard InChI is InChI=1S/C17H23ClN6O/c1-13(17(25)20-16-5-3-2-4-15(16)18)24-12-14(21-22-24)6-9-23-10-7-19-8-11-23/h2-5,12-13,19H,6-11H2,1H3,(H,20,25). The second kappa shape index (κ2) is 8.42. The molecule has 134 valence electrons. The maximum Gasteiger partial charge on any atom is 0.249 e. The zero-order valence-electron chi connectivity index (χ0n) is 14.3. The summed E-state index contributed by atoms with van der Waals surface area (Å²) < 4.78 is 1.60. The number of hydrogen-bond donors (Lipinski definition) is 2.